The van der Waals surface area contributed by atoms with Gasteiger partial charge in [-0.05, 0) is 54.7 Å². The molecule has 3 aromatic rings. The Morgan fingerprint density at radius 1 is 1.19 bits per heavy atom. The van der Waals surface area contributed by atoms with Crippen molar-refractivity contribution in [1.29, 1.82) is 0 Å². The number of carbonyl (C=O) groups is 1. The fraction of sp³-hybridized carbons (Fsp3) is 0.375. The van der Waals surface area contributed by atoms with E-state index in [2.05, 4.69) is 53.0 Å². The number of hydrogen-bond donors (Lipinski definition) is 3. The van der Waals surface area contributed by atoms with Crippen LogP contribution >= 0.6 is 15.9 Å². The third kappa shape index (κ3) is 6.83. The molecule has 0 atom stereocenters. The van der Waals surface area contributed by atoms with Crippen molar-refractivity contribution in [2.75, 3.05) is 30.3 Å². The van der Waals surface area contributed by atoms with E-state index in [4.69, 9.17) is 5.73 Å². The molecule has 10 nitrogen and oxygen atoms in total. The van der Waals surface area contributed by atoms with Gasteiger partial charge in [-0.2, -0.15) is 4.98 Å². The lowest BCUT2D eigenvalue weighted by Gasteiger charge is -2.38. The molecule has 0 aliphatic carbocycles. The monoisotopic (exact) mass is 575 g/mol. The minimum Gasteiger partial charge on any atom is -0.368 e. The topological polar surface area (TPSA) is 137 Å². The summed E-state index contributed by atoms with van der Waals surface area (Å²) < 4.78 is 28.1. The second-order valence-electron chi connectivity index (χ2n) is 8.89. The van der Waals surface area contributed by atoms with Crippen molar-refractivity contribution in [2.45, 2.75) is 43.7 Å². The summed E-state index contributed by atoms with van der Waals surface area (Å²) in [6.45, 7) is 4.20. The summed E-state index contributed by atoms with van der Waals surface area (Å²) >= 11 is 3.49. The number of rotatable bonds is 9. The number of halogens is 1. The molecule has 4 N–H and O–H groups in total. The van der Waals surface area contributed by atoms with Gasteiger partial charge in [-0.15, -0.1) is 5.10 Å². The first-order valence-electron chi connectivity index (χ1n) is 11.7. The molecule has 0 bridgehead atoms. The average Bonchev–Trinajstić information content (AvgIpc) is 3.28. The summed E-state index contributed by atoms with van der Waals surface area (Å²) in [7, 11) is -3.89. The van der Waals surface area contributed by atoms with Crippen LogP contribution in [0.4, 0.5) is 11.9 Å². The van der Waals surface area contributed by atoms with Crippen molar-refractivity contribution in [3.05, 3.63) is 64.1 Å². The fourth-order valence-electron chi connectivity index (χ4n) is 4.45. The Morgan fingerprint density at radius 2 is 1.92 bits per heavy atom. The van der Waals surface area contributed by atoms with Gasteiger partial charge in [-0.3, -0.25) is 9.69 Å². The van der Waals surface area contributed by atoms with Crippen molar-refractivity contribution >= 4 is 43.8 Å². The van der Waals surface area contributed by atoms with E-state index in [0.29, 0.717) is 24.5 Å². The predicted octanol–water partition coefficient (Wildman–Crippen LogP) is 2.69. The molecule has 0 saturated carbocycles. The second kappa shape index (κ2) is 11.4. The zero-order valence-corrected chi connectivity index (χ0v) is 22.4. The van der Waals surface area contributed by atoms with E-state index in [1.807, 2.05) is 22.9 Å². The number of anilines is 2. The summed E-state index contributed by atoms with van der Waals surface area (Å²) in [5.74, 6) is 0.303. The lowest BCUT2D eigenvalue weighted by Crippen LogP contribution is -2.45. The molecular weight excluding hydrogens is 546 g/mol. The van der Waals surface area contributed by atoms with Crippen molar-refractivity contribution in [1.82, 2.24) is 24.8 Å². The van der Waals surface area contributed by atoms with Crippen LogP contribution in [0, 0.1) is 0 Å². The van der Waals surface area contributed by atoms with Crippen LogP contribution in [0.15, 0.2) is 57.9 Å². The van der Waals surface area contributed by atoms with Crippen molar-refractivity contribution < 1.29 is 13.2 Å². The predicted molar refractivity (Wildman–Crippen MR) is 142 cm³/mol. The molecule has 192 valence electrons. The third-order valence-electron chi connectivity index (χ3n) is 6.23. The molecule has 1 aliphatic heterocycles. The number of H-pyrrole nitrogens is 1. The van der Waals surface area contributed by atoms with Crippen LogP contribution in [0.2, 0.25) is 0 Å². The SMILES string of the molecule is CC(=O)NS(=O)(=O)c1cccc(CN(CCc2ccc(Br)cc2)C2CCN(c3n[nH]c(N)n3)CC2)c1. The number of aromatic nitrogens is 3. The third-order valence-corrected chi connectivity index (χ3v) is 8.19. The van der Waals surface area contributed by atoms with Gasteiger partial charge in [0.05, 0.1) is 4.90 Å². The number of nitrogens with one attached hydrogen (secondary N) is 2. The highest BCUT2D eigenvalue weighted by atomic mass is 79.9. The zero-order valence-electron chi connectivity index (χ0n) is 20.0. The van der Waals surface area contributed by atoms with E-state index in [1.165, 1.54) is 18.6 Å². The van der Waals surface area contributed by atoms with Gasteiger partial charge in [0.2, 0.25) is 17.8 Å². The van der Waals surface area contributed by atoms with Gasteiger partial charge in [0.15, 0.2) is 0 Å². The molecule has 1 saturated heterocycles. The second-order valence-corrected chi connectivity index (χ2v) is 11.5. The van der Waals surface area contributed by atoms with Crippen molar-refractivity contribution in [3.8, 4) is 0 Å². The van der Waals surface area contributed by atoms with E-state index in [9.17, 15) is 13.2 Å². The number of benzene rings is 2. The lowest BCUT2D eigenvalue weighted by molar-refractivity contribution is -0.117. The van der Waals surface area contributed by atoms with E-state index in [-0.39, 0.29) is 4.90 Å². The molecule has 2 heterocycles. The maximum absolute atomic E-state index is 12.5. The van der Waals surface area contributed by atoms with Crippen molar-refractivity contribution in [2.24, 2.45) is 0 Å². The first-order valence-corrected chi connectivity index (χ1v) is 14.0. The number of sulfonamides is 1. The minimum atomic E-state index is -3.89. The maximum atomic E-state index is 12.5. The maximum Gasteiger partial charge on any atom is 0.264 e. The molecule has 4 rings (SSSR count). The summed E-state index contributed by atoms with van der Waals surface area (Å²) in [6.07, 6.45) is 2.70. The highest BCUT2D eigenvalue weighted by Gasteiger charge is 2.27. The Morgan fingerprint density at radius 3 is 2.56 bits per heavy atom. The van der Waals surface area contributed by atoms with Crippen LogP contribution in [0.1, 0.15) is 30.9 Å². The van der Waals surface area contributed by atoms with Crippen molar-refractivity contribution in [3.63, 3.8) is 0 Å². The first-order chi connectivity index (χ1) is 17.2. The van der Waals surface area contributed by atoms with Gasteiger partial charge in [0.25, 0.3) is 10.0 Å². The Bertz CT molecular complexity index is 1290. The molecule has 1 fully saturated rings. The quantitative estimate of drug-likeness (QED) is 0.354. The van der Waals surface area contributed by atoms with Gasteiger partial charge >= 0.3 is 0 Å². The summed E-state index contributed by atoms with van der Waals surface area (Å²) in [5, 5.41) is 6.86. The summed E-state index contributed by atoms with van der Waals surface area (Å²) in [5.41, 5.74) is 7.80. The molecule has 1 amide bonds. The molecule has 2 aromatic carbocycles. The van der Waals surface area contributed by atoms with E-state index in [1.54, 1.807) is 12.1 Å². The number of amides is 1. The number of nitrogens with zero attached hydrogens (tertiary/aromatic N) is 4. The smallest absolute Gasteiger partial charge is 0.264 e. The largest absolute Gasteiger partial charge is 0.368 e. The van der Waals surface area contributed by atoms with E-state index >= 15 is 0 Å². The van der Waals surface area contributed by atoms with Crippen LogP contribution in [-0.2, 0) is 27.8 Å². The number of carbonyl (C=O) groups excluding carboxylic acids is 1. The van der Waals surface area contributed by atoms with Gasteiger partial charge < -0.3 is 10.6 Å². The zero-order chi connectivity index (χ0) is 25.7. The molecule has 0 unspecified atom stereocenters. The minimum absolute atomic E-state index is 0.0834. The standard InChI is InChI=1S/C24H30BrN7O3S/c1-17(33)30-36(34,35)22-4-2-3-19(15-22)16-32(12-9-18-5-7-20(25)8-6-18)21-10-13-31(14-11-21)24-27-23(26)28-29-24/h2-8,15,21H,9-14,16H2,1H3,(H,30,33)(H3,26,27,28,29). The van der Waals surface area contributed by atoms with E-state index in [0.717, 1.165) is 48.9 Å². The highest BCUT2D eigenvalue weighted by Crippen LogP contribution is 2.23. The van der Waals surface area contributed by atoms with Crippen LogP contribution in [-0.4, -0.2) is 60.1 Å². The van der Waals surface area contributed by atoms with Gasteiger partial charge in [0, 0.05) is 43.6 Å². The van der Waals surface area contributed by atoms with Crippen LogP contribution < -0.4 is 15.4 Å². The Labute approximate surface area is 219 Å². The molecule has 36 heavy (non-hydrogen) atoms. The van der Waals surface area contributed by atoms with Gasteiger partial charge in [-0.25, -0.2) is 18.2 Å². The molecule has 1 aliphatic rings. The molecule has 1 aromatic heterocycles. The summed E-state index contributed by atoms with van der Waals surface area (Å²) in [6, 6.07) is 15.4. The normalized spacial score (nSPS) is 14.8. The van der Waals surface area contributed by atoms with Crippen LogP contribution in [0.3, 0.4) is 0 Å². The number of nitrogens with two attached hydrogens (primary N) is 1. The average molecular weight is 577 g/mol. The summed E-state index contributed by atoms with van der Waals surface area (Å²) in [4.78, 5) is 20.2. The fourth-order valence-corrected chi connectivity index (χ4v) is 5.77. The highest BCUT2D eigenvalue weighted by molar-refractivity contribution is 9.10. The molecule has 12 heteroatoms. The number of nitrogen functional groups attached to an aromatic ring is 1. The number of aromatic amines is 1. The van der Waals surface area contributed by atoms with Crippen LogP contribution in [0.25, 0.3) is 0 Å². The Kier molecular flexibility index (Phi) is 8.27. The Hall–Kier alpha value is -2.96. The molecule has 0 spiro atoms. The Balaban J connectivity index is 1.49. The first kappa shape index (κ1) is 26.1. The number of hydrogen-bond acceptors (Lipinski definition) is 8. The van der Waals surface area contributed by atoms with Gasteiger partial charge in [0.1, 0.15) is 0 Å². The molecular formula is C24H30BrN7O3S. The lowest BCUT2D eigenvalue weighted by atomic mass is 10.0. The van der Waals surface area contributed by atoms with E-state index < -0.39 is 15.9 Å². The number of piperidine rings is 1. The van der Waals surface area contributed by atoms with Gasteiger partial charge in [-0.1, -0.05) is 40.2 Å². The molecule has 0 radical (unpaired) electrons. The van der Waals surface area contributed by atoms with Crippen LogP contribution in [0.5, 0.6) is 0 Å².